The van der Waals surface area contributed by atoms with Crippen molar-refractivity contribution in [3.63, 3.8) is 0 Å². The SMILES string of the molecule is CCC(C)CN(CC)c1nc(NN)nc(OC)n1. The van der Waals surface area contributed by atoms with Gasteiger partial charge in [-0.2, -0.15) is 15.0 Å². The van der Waals surface area contributed by atoms with Gasteiger partial charge in [-0.1, -0.05) is 20.3 Å². The van der Waals surface area contributed by atoms with Crippen LogP contribution in [0.1, 0.15) is 27.2 Å². The molecule has 7 heteroatoms. The van der Waals surface area contributed by atoms with Crippen LogP contribution in [0.15, 0.2) is 0 Å². The van der Waals surface area contributed by atoms with E-state index in [0.29, 0.717) is 17.8 Å². The van der Waals surface area contributed by atoms with Gasteiger partial charge in [-0.25, -0.2) is 5.84 Å². The van der Waals surface area contributed by atoms with Crippen LogP contribution in [0.25, 0.3) is 0 Å². The van der Waals surface area contributed by atoms with Gasteiger partial charge in [-0.3, -0.25) is 5.43 Å². The van der Waals surface area contributed by atoms with Crippen molar-refractivity contribution in [1.82, 2.24) is 15.0 Å². The minimum atomic E-state index is 0.260. The van der Waals surface area contributed by atoms with E-state index in [1.807, 2.05) is 0 Å². The lowest BCUT2D eigenvalue weighted by Gasteiger charge is -2.24. The normalized spacial score (nSPS) is 12.1. The van der Waals surface area contributed by atoms with Crippen LogP contribution in [0.5, 0.6) is 6.01 Å². The standard InChI is InChI=1S/C11H22N6O/c1-5-8(3)7-17(6-2)10-13-9(16-12)14-11(15-10)18-4/h8H,5-7,12H2,1-4H3,(H,13,14,15,16). The van der Waals surface area contributed by atoms with E-state index >= 15 is 0 Å². The zero-order chi connectivity index (χ0) is 13.5. The lowest BCUT2D eigenvalue weighted by molar-refractivity contribution is 0.378. The number of hydrogen-bond acceptors (Lipinski definition) is 7. The molecule has 0 aliphatic heterocycles. The minimum absolute atomic E-state index is 0.260. The maximum absolute atomic E-state index is 5.33. The summed E-state index contributed by atoms with van der Waals surface area (Å²) in [6.45, 7) is 8.14. The average molecular weight is 254 g/mol. The van der Waals surface area contributed by atoms with Crippen molar-refractivity contribution in [3.8, 4) is 6.01 Å². The van der Waals surface area contributed by atoms with Crippen LogP contribution >= 0.6 is 0 Å². The number of methoxy groups -OCH3 is 1. The first-order valence-electron chi connectivity index (χ1n) is 6.16. The second kappa shape index (κ2) is 6.95. The molecule has 0 radical (unpaired) electrons. The summed E-state index contributed by atoms with van der Waals surface area (Å²) in [6.07, 6.45) is 1.11. The molecule has 1 aromatic rings. The fourth-order valence-corrected chi connectivity index (χ4v) is 1.50. The van der Waals surface area contributed by atoms with Gasteiger partial charge in [0.15, 0.2) is 0 Å². The molecule has 18 heavy (non-hydrogen) atoms. The topological polar surface area (TPSA) is 89.2 Å². The lowest BCUT2D eigenvalue weighted by atomic mass is 10.1. The Morgan fingerprint density at radius 3 is 2.56 bits per heavy atom. The Labute approximate surface area is 108 Å². The molecule has 0 fully saturated rings. The molecule has 0 saturated heterocycles. The van der Waals surface area contributed by atoms with Gasteiger partial charge in [0.2, 0.25) is 11.9 Å². The van der Waals surface area contributed by atoms with E-state index in [4.69, 9.17) is 10.6 Å². The van der Waals surface area contributed by atoms with E-state index in [9.17, 15) is 0 Å². The van der Waals surface area contributed by atoms with E-state index in [1.54, 1.807) is 0 Å². The van der Waals surface area contributed by atoms with Gasteiger partial charge in [0.25, 0.3) is 0 Å². The van der Waals surface area contributed by atoms with Crippen LogP contribution in [0.3, 0.4) is 0 Å². The van der Waals surface area contributed by atoms with Gasteiger partial charge in [0, 0.05) is 13.1 Å². The van der Waals surface area contributed by atoms with Gasteiger partial charge in [0.05, 0.1) is 7.11 Å². The van der Waals surface area contributed by atoms with Gasteiger partial charge >= 0.3 is 6.01 Å². The van der Waals surface area contributed by atoms with Crippen molar-refractivity contribution in [3.05, 3.63) is 0 Å². The number of nitrogens with two attached hydrogens (primary N) is 1. The zero-order valence-corrected chi connectivity index (χ0v) is 11.5. The first-order chi connectivity index (χ1) is 8.64. The summed E-state index contributed by atoms with van der Waals surface area (Å²) >= 11 is 0. The summed E-state index contributed by atoms with van der Waals surface area (Å²) in [6, 6.07) is 0.260. The quantitative estimate of drug-likeness (QED) is 0.555. The Bertz CT molecular complexity index is 350. The van der Waals surface area contributed by atoms with Crippen molar-refractivity contribution in [1.29, 1.82) is 0 Å². The number of hydrogen-bond donors (Lipinski definition) is 2. The molecule has 7 nitrogen and oxygen atoms in total. The predicted molar refractivity (Wildman–Crippen MR) is 71.5 cm³/mol. The maximum atomic E-state index is 5.33. The van der Waals surface area contributed by atoms with E-state index in [0.717, 1.165) is 19.5 Å². The first kappa shape index (κ1) is 14.4. The van der Waals surface area contributed by atoms with Gasteiger partial charge in [-0.15, -0.1) is 0 Å². The van der Waals surface area contributed by atoms with E-state index < -0.39 is 0 Å². The number of anilines is 2. The van der Waals surface area contributed by atoms with Crippen LogP contribution in [0.2, 0.25) is 0 Å². The molecule has 0 aromatic carbocycles. The molecule has 1 aromatic heterocycles. The van der Waals surface area contributed by atoms with Crippen molar-refractivity contribution in [2.75, 3.05) is 30.5 Å². The van der Waals surface area contributed by atoms with Crippen molar-refractivity contribution in [2.24, 2.45) is 11.8 Å². The maximum Gasteiger partial charge on any atom is 0.322 e. The fourth-order valence-electron chi connectivity index (χ4n) is 1.50. The van der Waals surface area contributed by atoms with Crippen molar-refractivity contribution >= 4 is 11.9 Å². The largest absolute Gasteiger partial charge is 0.467 e. The Hall–Kier alpha value is -1.63. The molecule has 3 N–H and O–H groups in total. The molecule has 0 spiro atoms. The number of rotatable bonds is 7. The summed E-state index contributed by atoms with van der Waals surface area (Å²) in [5, 5.41) is 0. The summed E-state index contributed by atoms with van der Waals surface area (Å²) in [5.41, 5.74) is 2.42. The lowest BCUT2D eigenvalue weighted by Crippen LogP contribution is -2.30. The van der Waals surface area contributed by atoms with Crippen molar-refractivity contribution < 1.29 is 4.74 Å². The molecular formula is C11H22N6O. The Balaban J connectivity index is 2.96. The second-order valence-electron chi connectivity index (χ2n) is 4.14. The molecule has 0 saturated carbocycles. The Morgan fingerprint density at radius 1 is 1.33 bits per heavy atom. The first-order valence-corrected chi connectivity index (χ1v) is 6.16. The van der Waals surface area contributed by atoms with Gasteiger partial charge in [0.1, 0.15) is 0 Å². The minimum Gasteiger partial charge on any atom is -0.467 e. The highest BCUT2D eigenvalue weighted by Gasteiger charge is 2.14. The summed E-state index contributed by atoms with van der Waals surface area (Å²) in [4.78, 5) is 14.6. The molecule has 0 bridgehead atoms. The highest BCUT2D eigenvalue weighted by molar-refractivity contribution is 5.37. The molecule has 102 valence electrons. The van der Waals surface area contributed by atoms with E-state index in [-0.39, 0.29) is 6.01 Å². The Morgan fingerprint density at radius 2 is 2.06 bits per heavy atom. The van der Waals surface area contributed by atoms with Crippen LogP contribution in [-0.2, 0) is 0 Å². The monoisotopic (exact) mass is 254 g/mol. The van der Waals surface area contributed by atoms with Crippen LogP contribution in [-0.4, -0.2) is 35.2 Å². The highest BCUT2D eigenvalue weighted by Crippen LogP contribution is 2.16. The number of aromatic nitrogens is 3. The number of hydrazine groups is 1. The molecule has 0 amide bonds. The van der Waals surface area contributed by atoms with Crippen LogP contribution in [0.4, 0.5) is 11.9 Å². The van der Waals surface area contributed by atoms with E-state index in [1.165, 1.54) is 7.11 Å². The van der Waals surface area contributed by atoms with Crippen LogP contribution in [0, 0.1) is 5.92 Å². The molecule has 1 atom stereocenters. The van der Waals surface area contributed by atoms with Crippen molar-refractivity contribution in [2.45, 2.75) is 27.2 Å². The smallest absolute Gasteiger partial charge is 0.322 e. The zero-order valence-electron chi connectivity index (χ0n) is 11.5. The molecule has 1 rings (SSSR count). The van der Waals surface area contributed by atoms with Gasteiger partial charge in [-0.05, 0) is 12.8 Å². The van der Waals surface area contributed by atoms with Gasteiger partial charge < -0.3 is 9.64 Å². The van der Waals surface area contributed by atoms with E-state index in [2.05, 4.69) is 46.0 Å². The molecular weight excluding hydrogens is 232 g/mol. The third kappa shape index (κ3) is 3.69. The third-order valence-corrected chi connectivity index (χ3v) is 2.81. The highest BCUT2D eigenvalue weighted by atomic mass is 16.5. The summed E-state index contributed by atoms with van der Waals surface area (Å²) in [7, 11) is 1.52. The summed E-state index contributed by atoms with van der Waals surface area (Å²) < 4.78 is 5.04. The molecule has 0 aliphatic carbocycles. The van der Waals surface area contributed by atoms with Crippen LogP contribution < -0.4 is 20.9 Å². The third-order valence-electron chi connectivity index (χ3n) is 2.81. The molecule has 0 aliphatic rings. The second-order valence-corrected chi connectivity index (χ2v) is 4.14. The predicted octanol–water partition coefficient (Wildman–Crippen LogP) is 1.04. The average Bonchev–Trinajstić information content (AvgIpc) is 2.43. The molecule has 1 unspecified atom stereocenters. The molecule has 1 heterocycles. The number of ether oxygens (including phenoxy) is 1. The number of nitrogens with zero attached hydrogens (tertiary/aromatic N) is 4. The number of nitrogen functional groups attached to an aromatic ring is 1. The Kier molecular flexibility index (Phi) is 5.57. The fraction of sp³-hybridized carbons (Fsp3) is 0.727. The number of nitrogens with one attached hydrogen (secondary N) is 1. The summed E-state index contributed by atoms with van der Waals surface area (Å²) in [5.74, 6) is 6.79.